The lowest BCUT2D eigenvalue weighted by molar-refractivity contribution is -0.137. The fourth-order valence-electron chi connectivity index (χ4n) is 2.87. The van der Waals surface area contributed by atoms with Crippen molar-refractivity contribution in [3.8, 4) is 0 Å². The maximum Gasteiger partial charge on any atom is 0.416 e. The number of benzene rings is 1. The van der Waals surface area contributed by atoms with Crippen molar-refractivity contribution in [3.63, 3.8) is 0 Å². The Labute approximate surface area is 133 Å². The van der Waals surface area contributed by atoms with Crippen LogP contribution in [0.1, 0.15) is 30.4 Å². The molecular formula is C16H21F3N2O2. The lowest BCUT2D eigenvalue weighted by Gasteiger charge is -2.32. The predicted octanol–water partition coefficient (Wildman–Crippen LogP) is 3.58. The normalized spacial score (nSPS) is 17.2. The van der Waals surface area contributed by atoms with Crippen LogP contribution in [0, 0.1) is 5.92 Å². The molecule has 4 nitrogen and oxygen atoms in total. The molecule has 2 rings (SSSR count). The predicted molar refractivity (Wildman–Crippen MR) is 80.1 cm³/mol. The molecule has 2 N–H and O–H groups in total. The first-order chi connectivity index (χ1) is 10.8. The van der Waals surface area contributed by atoms with Gasteiger partial charge in [0.2, 0.25) is 0 Å². The molecule has 0 bridgehead atoms. The van der Waals surface area contributed by atoms with Gasteiger partial charge in [-0.2, -0.15) is 13.2 Å². The number of piperidine rings is 1. The van der Waals surface area contributed by atoms with Gasteiger partial charge in [-0.05, 0) is 56.0 Å². The van der Waals surface area contributed by atoms with Crippen LogP contribution < -0.4 is 5.32 Å². The molecule has 0 radical (unpaired) electrons. The molecule has 1 aliphatic heterocycles. The maximum absolute atomic E-state index is 12.5. The van der Waals surface area contributed by atoms with E-state index in [1.54, 1.807) is 0 Å². The summed E-state index contributed by atoms with van der Waals surface area (Å²) in [5.41, 5.74) is 0.259. The Morgan fingerprint density at radius 1 is 1.22 bits per heavy atom. The van der Waals surface area contributed by atoms with Crippen LogP contribution in [0.3, 0.4) is 0 Å². The Bertz CT molecular complexity index is 509. The minimum atomic E-state index is -4.29. The number of amides is 1. The zero-order chi connectivity index (χ0) is 16.9. The third-order valence-electron chi connectivity index (χ3n) is 4.22. The summed E-state index contributed by atoms with van der Waals surface area (Å²) in [4.78, 5) is 12.6. The number of carboxylic acid groups (broad SMARTS) is 1. The average Bonchev–Trinajstić information content (AvgIpc) is 2.48. The van der Waals surface area contributed by atoms with Crippen LogP contribution in [-0.4, -0.2) is 35.7 Å². The van der Waals surface area contributed by atoms with Crippen molar-refractivity contribution in [2.75, 3.05) is 19.6 Å². The molecule has 0 saturated carbocycles. The molecule has 1 saturated heterocycles. The molecule has 1 aliphatic rings. The van der Waals surface area contributed by atoms with E-state index >= 15 is 0 Å². The smallest absolute Gasteiger partial charge is 0.416 e. The van der Waals surface area contributed by atoms with Gasteiger partial charge in [-0.25, -0.2) is 4.79 Å². The molecule has 0 atom stereocenters. The van der Waals surface area contributed by atoms with Crippen LogP contribution in [0.5, 0.6) is 0 Å². The number of likely N-dealkylation sites (tertiary alicyclic amines) is 1. The number of halogens is 3. The summed E-state index contributed by atoms with van der Waals surface area (Å²) in [5.74, 6) is 0.505. The third kappa shape index (κ3) is 5.74. The van der Waals surface area contributed by atoms with E-state index < -0.39 is 17.8 Å². The second kappa shape index (κ2) is 7.68. The molecule has 128 valence electrons. The van der Waals surface area contributed by atoms with Gasteiger partial charge in [-0.1, -0.05) is 12.1 Å². The van der Waals surface area contributed by atoms with Gasteiger partial charge in [0.1, 0.15) is 0 Å². The minimum absolute atomic E-state index is 0.471. The lowest BCUT2D eigenvalue weighted by atomic mass is 9.93. The minimum Gasteiger partial charge on any atom is -0.465 e. The molecular weight excluding hydrogens is 309 g/mol. The second-order valence-corrected chi connectivity index (χ2v) is 5.93. The quantitative estimate of drug-likeness (QED) is 0.868. The van der Waals surface area contributed by atoms with Crippen molar-refractivity contribution in [1.82, 2.24) is 10.2 Å². The number of carbonyl (C=O) groups is 1. The second-order valence-electron chi connectivity index (χ2n) is 5.93. The average molecular weight is 330 g/mol. The van der Waals surface area contributed by atoms with Crippen molar-refractivity contribution in [3.05, 3.63) is 35.4 Å². The van der Waals surface area contributed by atoms with E-state index in [-0.39, 0.29) is 0 Å². The molecule has 23 heavy (non-hydrogen) atoms. The first-order valence-electron chi connectivity index (χ1n) is 7.70. The Morgan fingerprint density at radius 3 is 2.35 bits per heavy atom. The summed E-state index contributed by atoms with van der Waals surface area (Å²) in [5, 5.41) is 10.9. The van der Waals surface area contributed by atoms with Crippen LogP contribution in [0.25, 0.3) is 0 Å². The zero-order valence-electron chi connectivity index (χ0n) is 12.8. The summed E-state index contributed by atoms with van der Waals surface area (Å²) < 4.78 is 37.6. The first-order valence-corrected chi connectivity index (χ1v) is 7.70. The highest BCUT2D eigenvalue weighted by Crippen LogP contribution is 2.29. The van der Waals surface area contributed by atoms with Gasteiger partial charge in [-0.3, -0.25) is 4.90 Å². The standard InChI is InChI=1S/C16H21F3N2O2/c17-16(18,19)14-3-1-13(2-4-14)11-21-9-6-12(7-10-21)5-8-20-15(22)23/h1-4,12,20H,5-11H2,(H,22,23). The fraction of sp³-hybridized carbons (Fsp3) is 0.562. The Hall–Kier alpha value is -1.76. The van der Waals surface area contributed by atoms with Crippen LogP contribution in [-0.2, 0) is 12.7 Å². The largest absolute Gasteiger partial charge is 0.465 e. The summed E-state index contributed by atoms with van der Waals surface area (Å²) in [7, 11) is 0. The number of hydrogen-bond acceptors (Lipinski definition) is 2. The molecule has 1 fully saturated rings. The molecule has 1 aromatic carbocycles. The van der Waals surface area contributed by atoms with E-state index in [9.17, 15) is 18.0 Å². The van der Waals surface area contributed by atoms with Gasteiger partial charge in [0.15, 0.2) is 0 Å². The van der Waals surface area contributed by atoms with Gasteiger partial charge in [-0.15, -0.1) is 0 Å². The number of hydrogen-bond donors (Lipinski definition) is 2. The van der Waals surface area contributed by atoms with E-state index in [1.165, 1.54) is 12.1 Å². The number of alkyl halides is 3. The van der Waals surface area contributed by atoms with Crippen molar-refractivity contribution in [1.29, 1.82) is 0 Å². The Kier molecular flexibility index (Phi) is 5.87. The molecule has 7 heteroatoms. The van der Waals surface area contributed by atoms with E-state index in [4.69, 9.17) is 5.11 Å². The molecule has 0 spiro atoms. The Morgan fingerprint density at radius 2 is 1.83 bits per heavy atom. The summed E-state index contributed by atoms with van der Waals surface area (Å²) in [6.45, 7) is 2.90. The number of nitrogens with zero attached hydrogens (tertiary/aromatic N) is 1. The molecule has 1 heterocycles. The zero-order valence-corrected chi connectivity index (χ0v) is 12.8. The van der Waals surface area contributed by atoms with Crippen LogP contribution >= 0.6 is 0 Å². The summed E-state index contributed by atoms with van der Waals surface area (Å²) in [6.07, 6.45) is -2.48. The van der Waals surface area contributed by atoms with Crippen LogP contribution in [0.2, 0.25) is 0 Å². The van der Waals surface area contributed by atoms with Crippen molar-refractivity contribution in [2.24, 2.45) is 5.92 Å². The lowest BCUT2D eigenvalue weighted by Crippen LogP contribution is -2.34. The van der Waals surface area contributed by atoms with Crippen molar-refractivity contribution >= 4 is 6.09 Å². The van der Waals surface area contributed by atoms with Gasteiger partial charge in [0.25, 0.3) is 0 Å². The van der Waals surface area contributed by atoms with Gasteiger partial charge < -0.3 is 10.4 Å². The summed E-state index contributed by atoms with van der Waals surface area (Å²) in [6, 6.07) is 5.32. The highest BCUT2D eigenvalue weighted by atomic mass is 19.4. The van der Waals surface area contributed by atoms with E-state index in [0.717, 1.165) is 50.0 Å². The maximum atomic E-state index is 12.5. The van der Waals surface area contributed by atoms with Crippen LogP contribution in [0.4, 0.5) is 18.0 Å². The van der Waals surface area contributed by atoms with Gasteiger partial charge in [0.05, 0.1) is 5.56 Å². The fourth-order valence-corrected chi connectivity index (χ4v) is 2.87. The molecule has 1 amide bonds. The topological polar surface area (TPSA) is 52.6 Å². The van der Waals surface area contributed by atoms with E-state index in [2.05, 4.69) is 10.2 Å². The third-order valence-corrected chi connectivity index (χ3v) is 4.22. The van der Waals surface area contributed by atoms with Crippen molar-refractivity contribution in [2.45, 2.75) is 32.0 Å². The monoisotopic (exact) mass is 330 g/mol. The molecule has 1 aromatic rings. The van der Waals surface area contributed by atoms with Crippen LogP contribution in [0.15, 0.2) is 24.3 Å². The Balaban J connectivity index is 1.75. The molecule has 0 aliphatic carbocycles. The van der Waals surface area contributed by atoms with Gasteiger partial charge >= 0.3 is 12.3 Å². The number of rotatable bonds is 5. The number of nitrogens with one attached hydrogen (secondary N) is 1. The molecule has 0 aromatic heterocycles. The SMILES string of the molecule is O=C(O)NCCC1CCN(Cc2ccc(C(F)(F)F)cc2)CC1. The van der Waals surface area contributed by atoms with E-state index in [0.29, 0.717) is 19.0 Å². The summed E-state index contributed by atoms with van der Waals surface area (Å²) >= 11 is 0. The molecule has 0 unspecified atom stereocenters. The first kappa shape index (κ1) is 17.6. The van der Waals surface area contributed by atoms with Crippen molar-refractivity contribution < 1.29 is 23.1 Å². The highest BCUT2D eigenvalue weighted by molar-refractivity contribution is 5.64. The van der Waals surface area contributed by atoms with Gasteiger partial charge in [0, 0.05) is 13.1 Å². The van der Waals surface area contributed by atoms with E-state index in [1.807, 2.05) is 0 Å². The highest BCUT2D eigenvalue weighted by Gasteiger charge is 2.30.